The van der Waals surface area contributed by atoms with Crippen LogP contribution in [0.25, 0.3) is 0 Å². The fourth-order valence-corrected chi connectivity index (χ4v) is 5.74. The van der Waals surface area contributed by atoms with Gasteiger partial charge in [0.05, 0.1) is 6.10 Å². The summed E-state index contributed by atoms with van der Waals surface area (Å²) in [6.45, 7) is 4.56. The largest absolute Gasteiger partial charge is 0.480 e. The predicted octanol–water partition coefficient (Wildman–Crippen LogP) is 4.00. The first-order chi connectivity index (χ1) is 11.3. The number of carboxylic acids is 1. The maximum atomic E-state index is 12.3. The highest BCUT2D eigenvalue weighted by Crippen LogP contribution is 2.58. The van der Waals surface area contributed by atoms with E-state index in [1.807, 2.05) is 6.08 Å². The number of hydrogen-bond acceptors (Lipinski definition) is 3. The van der Waals surface area contributed by atoms with Crippen LogP contribution in [0, 0.1) is 28.6 Å². The molecule has 3 saturated carbocycles. The minimum Gasteiger partial charge on any atom is -0.480 e. The van der Waals surface area contributed by atoms with Gasteiger partial charge in [0.15, 0.2) is 5.78 Å². The molecule has 24 heavy (non-hydrogen) atoms. The first-order valence-electron chi connectivity index (χ1n) is 9.17. The molecule has 0 aromatic heterocycles. The maximum Gasteiger partial charge on any atom is 0.317 e. The highest BCUT2D eigenvalue weighted by Gasteiger charge is 2.56. The summed E-state index contributed by atoms with van der Waals surface area (Å²) in [5, 5.41) is 9.23. The summed E-state index contributed by atoms with van der Waals surface area (Å²) in [6.07, 6.45) is 10.7. The summed E-state index contributed by atoms with van der Waals surface area (Å²) in [5.41, 5.74) is -0.849. The Balaban J connectivity index is 1.69. The zero-order valence-corrected chi connectivity index (χ0v) is 15.8. The van der Waals surface area contributed by atoms with Gasteiger partial charge in [0, 0.05) is 9.47 Å². The molecule has 3 aliphatic carbocycles. The molecule has 134 valence electrons. The molecule has 0 aromatic carbocycles. The number of rotatable bonds is 6. The summed E-state index contributed by atoms with van der Waals surface area (Å²) in [5.74, 6) is 0.224. The molecule has 0 heterocycles. The second-order valence-corrected chi connectivity index (χ2v) is 8.60. The summed E-state index contributed by atoms with van der Waals surface area (Å²) >= 11 is 0. The lowest BCUT2D eigenvalue weighted by Crippen LogP contribution is -2.41. The van der Waals surface area contributed by atoms with Gasteiger partial charge in [-0.05, 0) is 67.8 Å². The average molecular weight is 352 g/mol. The molecule has 1 N–H and O–H groups in total. The highest BCUT2D eigenvalue weighted by molar-refractivity contribution is 7.09. The summed E-state index contributed by atoms with van der Waals surface area (Å²) in [4.78, 5) is 23.5. The van der Waals surface area contributed by atoms with Crippen LogP contribution >= 0.6 is 9.47 Å². The second-order valence-electron chi connectivity index (χ2n) is 8.33. The van der Waals surface area contributed by atoms with Crippen molar-refractivity contribution in [2.24, 2.45) is 28.6 Å². The zero-order chi connectivity index (χ0) is 17.5. The van der Waals surface area contributed by atoms with Gasteiger partial charge in [-0.3, -0.25) is 9.59 Å². The SMILES string of the molecule is C[C@H](C=CC(=O)C1(C(=O)O)CC1)C1CCC2C(OP)CCC[C@@]21C. The van der Waals surface area contributed by atoms with Gasteiger partial charge < -0.3 is 9.63 Å². The van der Waals surface area contributed by atoms with E-state index in [1.165, 1.54) is 19.3 Å². The molecule has 5 heteroatoms. The Kier molecular flexibility index (Phi) is 4.92. The molecule has 0 amide bonds. The van der Waals surface area contributed by atoms with Gasteiger partial charge in [-0.15, -0.1) is 0 Å². The van der Waals surface area contributed by atoms with Crippen LogP contribution in [0.5, 0.6) is 0 Å². The molecular formula is C19H29O4P. The molecule has 4 unspecified atom stereocenters. The third-order valence-corrected chi connectivity index (χ3v) is 7.48. The van der Waals surface area contributed by atoms with Crippen LogP contribution in [0.1, 0.15) is 58.8 Å². The first kappa shape index (κ1) is 18.1. The van der Waals surface area contributed by atoms with Crippen molar-refractivity contribution in [3.05, 3.63) is 12.2 Å². The van der Waals surface area contributed by atoms with E-state index >= 15 is 0 Å². The molecule has 3 rings (SSSR count). The van der Waals surface area contributed by atoms with E-state index in [9.17, 15) is 14.7 Å². The van der Waals surface area contributed by atoms with Crippen molar-refractivity contribution in [2.45, 2.75) is 64.9 Å². The van der Waals surface area contributed by atoms with Gasteiger partial charge in [-0.2, -0.15) is 0 Å². The van der Waals surface area contributed by atoms with E-state index in [-0.39, 0.29) is 17.1 Å². The van der Waals surface area contributed by atoms with Crippen molar-refractivity contribution in [3.8, 4) is 0 Å². The van der Waals surface area contributed by atoms with Crippen LogP contribution in [0.4, 0.5) is 0 Å². The van der Waals surface area contributed by atoms with Crippen molar-refractivity contribution >= 4 is 21.2 Å². The molecule has 0 saturated heterocycles. The Bertz CT molecular complexity index is 554. The second kappa shape index (κ2) is 6.53. The van der Waals surface area contributed by atoms with Crippen molar-refractivity contribution < 1.29 is 19.2 Å². The quantitative estimate of drug-likeness (QED) is 0.446. The molecule has 6 atom stereocenters. The Hall–Kier alpha value is -0.730. The van der Waals surface area contributed by atoms with Crippen LogP contribution in [0.15, 0.2) is 12.2 Å². The van der Waals surface area contributed by atoms with Crippen LogP contribution < -0.4 is 0 Å². The third kappa shape index (κ3) is 2.86. The van der Waals surface area contributed by atoms with E-state index in [4.69, 9.17) is 4.52 Å². The molecule has 0 radical (unpaired) electrons. The van der Waals surface area contributed by atoms with Gasteiger partial charge >= 0.3 is 5.97 Å². The topological polar surface area (TPSA) is 63.6 Å². The molecule has 0 bridgehead atoms. The van der Waals surface area contributed by atoms with E-state index in [1.54, 1.807) is 6.08 Å². The lowest BCUT2D eigenvalue weighted by atomic mass is 9.62. The van der Waals surface area contributed by atoms with Crippen LogP contribution in [0.2, 0.25) is 0 Å². The highest BCUT2D eigenvalue weighted by atomic mass is 31.0. The Labute approximate surface area is 146 Å². The Morgan fingerprint density at radius 1 is 1.25 bits per heavy atom. The Morgan fingerprint density at radius 3 is 2.54 bits per heavy atom. The molecular weight excluding hydrogens is 323 g/mol. The van der Waals surface area contributed by atoms with Crippen molar-refractivity contribution in [1.29, 1.82) is 0 Å². The van der Waals surface area contributed by atoms with Gasteiger partial charge in [-0.1, -0.05) is 26.3 Å². The standard InChI is InChI=1S/C19H29O4P/c1-12(5-8-16(20)19(10-11-19)17(21)22)13-6-7-14-15(23-24)4-3-9-18(13,14)2/h5,8,12-15H,3-4,6-7,9-11,24H2,1-2H3,(H,21,22)/t12-,13?,14?,15?,18-/m1/s1. The number of carboxylic acid groups (broad SMARTS) is 1. The van der Waals surface area contributed by atoms with Crippen LogP contribution in [-0.2, 0) is 14.1 Å². The van der Waals surface area contributed by atoms with Crippen molar-refractivity contribution in [1.82, 2.24) is 0 Å². The molecule has 3 fully saturated rings. The smallest absolute Gasteiger partial charge is 0.317 e. The monoisotopic (exact) mass is 352 g/mol. The summed E-state index contributed by atoms with van der Waals surface area (Å²) in [6, 6.07) is 0. The number of hydrogen-bond donors (Lipinski definition) is 1. The Morgan fingerprint density at radius 2 is 1.96 bits per heavy atom. The fraction of sp³-hybridized carbons (Fsp3) is 0.789. The van der Waals surface area contributed by atoms with Crippen LogP contribution in [-0.4, -0.2) is 23.0 Å². The summed E-state index contributed by atoms with van der Waals surface area (Å²) < 4.78 is 5.66. The van der Waals surface area contributed by atoms with E-state index < -0.39 is 11.4 Å². The molecule has 0 spiro atoms. The number of ketones is 1. The minimum atomic E-state index is -1.11. The van der Waals surface area contributed by atoms with Crippen LogP contribution in [0.3, 0.4) is 0 Å². The van der Waals surface area contributed by atoms with E-state index in [0.717, 1.165) is 12.8 Å². The predicted molar refractivity (Wildman–Crippen MR) is 95.4 cm³/mol. The molecule has 0 aliphatic heterocycles. The van der Waals surface area contributed by atoms with Gasteiger partial charge in [0.2, 0.25) is 0 Å². The average Bonchev–Trinajstić information content (AvgIpc) is 3.29. The number of fused-ring (bicyclic) bond motifs is 1. The number of carbonyl (C=O) groups excluding carboxylic acids is 1. The maximum absolute atomic E-state index is 12.3. The number of aliphatic carboxylic acids is 1. The van der Waals surface area contributed by atoms with Gasteiger partial charge in [0.1, 0.15) is 5.41 Å². The fourth-order valence-electron chi connectivity index (χ4n) is 5.41. The summed E-state index contributed by atoms with van der Waals surface area (Å²) in [7, 11) is 2.44. The van der Waals surface area contributed by atoms with E-state index in [0.29, 0.717) is 30.8 Å². The lowest BCUT2D eigenvalue weighted by Gasteiger charge is -2.45. The van der Waals surface area contributed by atoms with Gasteiger partial charge in [0.25, 0.3) is 0 Å². The number of allylic oxidation sites excluding steroid dienone is 2. The van der Waals surface area contributed by atoms with E-state index in [2.05, 4.69) is 23.3 Å². The first-order valence-corrected chi connectivity index (χ1v) is 9.64. The zero-order valence-electron chi connectivity index (χ0n) is 14.7. The third-order valence-electron chi connectivity index (χ3n) is 7.13. The van der Waals surface area contributed by atoms with Crippen molar-refractivity contribution in [3.63, 3.8) is 0 Å². The number of carbonyl (C=O) groups is 2. The normalized spacial score (nSPS) is 38.7. The molecule has 4 nitrogen and oxygen atoms in total. The molecule has 3 aliphatic rings. The lowest BCUT2D eigenvalue weighted by molar-refractivity contribution is -0.146. The van der Waals surface area contributed by atoms with Crippen molar-refractivity contribution in [2.75, 3.05) is 0 Å². The molecule has 0 aromatic rings. The van der Waals surface area contributed by atoms with Gasteiger partial charge in [-0.25, -0.2) is 0 Å². The minimum absolute atomic E-state index is 0.226.